The van der Waals surface area contributed by atoms with E-state index >= 15 is 0 Å². The summed E-state index contributed by atoms with van der Waals surface area (Å²) >= 11 is 1.66. The SMILES string of the molecule is C=C[CH](O)[Ti]. The first-order valence-electron chi connectivity index (χ1n) is 1.29. The van der Waals surface area contributed by atoms with Crippen LogP contribution in [0, 0.1) is 0 Å². The topological polar surface area (TPSA) is 20.2 Å². The van der Waals surface area contributed by atoms with Crippen molar-refractivity contribution in [1.29, 1.82) is 0 Å². The fraction of sp³-hybridized carbons (Fsp3) is 0.333. The Morgan fingerprint density at radius 2 is 2.20 bits per heavy atom. The Bertz CT molecular complexity index is 33.9. The summed E-state index contributed by atoms with van der Waals surface area (Å²) < 4.78 is -0.352. The molecule has 0 spiro atoms. The van der Waals surface area contributed by atoms with Crippen molar-refractivity contribution in [2.45, 2.75) is 4.41 Å². The Kier molecular flexibility index (Phi) is 2.86. The van der Waals surface area contributed by atoms with E-state index in [4.69, 9.17) is 5.11 Å². The second-order valence-corrected chi connectivity index (χ2v) is 1.60. The van der Waals surface area contributed by atoms with E-state index in [1.54, 1.807) is 20.4 Å². The molecule has 0 rings (SSSR count). The minimum absolute atomic E-state index is 0.352. The van der Waals surface area contributed by atoms with Crippen LogP contribution in [0.25, 0.3) is 0 Å². The molecule has 1 unspecified atom stereocenters. The fourth-order valence-corrected chi connectivity index (χ4v) is 0. The van der Waals surface area contributed by atoms with Gasteiger partial charge in [-0.2, -0.15) is 0 Å². The van der Waals surface area contributed by atoms with Crippen molar-refractivity contribution in [2.24, 2.45) is 0 Å². The van der Waals surface area contributed by atoms with Crippen LogP contribution >= 0.6 is 0 Å². The summed E-state index contributed by atoms with van der Waals surface area (Å²) in [6.07, 6.45) is 1.47. The van der Waals surface area contributed by atoms with Gasteiger partial charge in [-0.15, -0.1) is 0 Å². The van der Waals surface area contributed by atoms with Crippen LogP contribution in [-0.2, 0) is 20.4 Å². The summed E-state index contributed by atoms with van der Waals surface area (Å²) in [6, 6.07) is 0. The first-order valence-corrected chi connectivity index (χ1v) is 2.19. The number of rotatable bonds is 1. The van der Waals surface area contributed by atoms with E-state index in [9.17, 15) is 0 Å². The summed E-state index contributed by atoms with van der Waals surface area (Å²) in [5.41, 5.74) is 0. The van der Waals surface area contributed by atoms with Crippen LogP contribution in [0.2, 0.25) is 0 Å². The van der Waals surface area contributed by atoms with Crippen LogP contribution in [0.5, 0.6) is 0 Å². The summed E-state index contributed by atoms with van der Waals surface area (Å²) in [5, 5.41) is 8.24. The van der Waals surface area contributed by atoms with Gasteiger partial charge in [0.05, 0.1) is 0 Å². The number of hydrogen-bond donors (Lipinski definition) is 1. The van der Waals surface area contributed by atoms with Crippen LogP contribution < -0.4 is 0 Å². The van der Waals surface area contributed by atoms with Gasteiger partial charge in [-0.3, -0.25) is 0 Å². The van der Waals surface area contributed by atoms with Gasteiger partial charge < -0.3 is 0 Å². The van der Waals surface area contributed by atoms with Crippen molar-refractivity contribution in [3.63, 3.8) is 0 Å². The molecule has 0 saturated heterocycles. The predicted octanol–water partition coefficient (Wildman–Crippen LogP) is 0.0376. The van der Waals surface area contributed by atoms with Gasteiger partial charge in [-0.25, -0.2) is 0 Å². The Morgan fingerprint density at radius 1 is 2.00 bits per heavy atom. The minimum atomic E-state index is -0.352. The van der Waals surface area contributed by atoms with E-state index in [0.29, 0.717) is 0 Å². The van der Waals surface area contributed by atoms with Crippen molar-refractivity contribution in [1.82, 2.24) is 0 Å². The van der Waals surface area contributed by atoms with Gasteiger partial charge in [0, 0.05) is 0 Å². The van der Waals surface area contributed by atoms with E-state index in [1.165, 1.54) is 6.08 Å². The maximum atomic E-state index is 8.24. The Hall–Kier alpha value is 0.414. The second kappa shape index (κ2) is 2.64. The molecule has 0 heterocycles. The Labute approximate surface area is 43.1 Å². The second-order valence-electron chi connectivity index (χ2n) is 0.681. The molecule has 1 N–H and O–H groups in total. The standard InChI is InChI=1S/C3H5O.Ti/c1-2-3-4;/h2-4H,1H2;. The van der Waals surface area contributed by atoms with Crippen molar-refractivity contribution in [3.05, 3.63) is 12.7 Å². The molecule has 0 aromatic carbocycles. The molecule has 0 aromatic heterocycles. The average molecular weight is 105 g/mol. The third-order valence-corrected chi connectivity index (χ3v) is 0.591. The monoisotopic (exact) mass is 105 g/mol. The summed E-state index contributed by atoms with van der Waals surface area (Å²) in [4.78, 5) is 0. The first kappa shape index (κ1) is 5.41. The van der Waals surface area contributed by atoms with Crippen LogP contribution in [0.1, 0.15) is 0 Å². The van der Waals surface area contributed by atoms with Crippen molar-refractivity contribution in [2.75, 3.05) is 0 Å². The Morgan fingerprint density at radius 3 is 2.20 bits per heavy atom. The zero-order chi connectivity index (χ0) is 4.28. The van der Waals surface area contributed by atoms with Gasteiger partial charge >= 0.3 is 42.6 Å². The molecule has 1 atom stereocenters. The fourth-order valence-electron chi connectivity index (χ4n) is 0. The van der Waals surface area contributed by atoms with E-state index in [-0.39, 0.29) is 4.41 Å². The van der Waals surface area contributed by atoms with Gasteiger partial charge in [-0.05, 0) is 0 Å². The zero-order valence-corrected chi connectivity index (χ0v) is 4.37. The first-order chi connectivity index (χ1) is 2.27. The molecular weight excluding hydrogens is 99.9 g/mol. The van der Waals surface area contributed by atoms with E-state index in [2.05, 4.69) is 6.58 Å². The van der Waals surface area contributed by atoms with Crippen LogP contribution in [-0.4, -0.2) is 9.52 Å². The molecule has 0 aliphatic heterocycles. The summed E-state index contributed by atoms with van der Waals surface area (Å²) in [5.74, 6) is 0. The van der Waals surface area contributed by atoms with Gasteiger partial charge in [0.15, 0.2) is 0 Å². The normalized spacial score (nSPS) is 13.6. The summed E-state index contributed by atoms with van der Waals surface area (Å²) in [6.45, 7) is 3.31. The number of hydrogen-bond acceptors (Lipinski definition) is 1. The van der Waals surface area contributed by atoms with Gasteiger partial charge in [0.2, 0.25) is 0 Å². The van der Waals surface area contributed by atoms with Crippen LogP contribution in [0.15, 0.2) is 12.7 Å². The molecule has 0 aliphatic rings. The molecule has 0 fully saturated rings. The third kappa shape index (κ3) is 4.41. The molecule has 0 amide bonds. The molecule has 0 bridgehead atoms. The zero-order valence-electron chi connectivity index (χ0n) is 2.81. The quantitative estimate of drug-likeness (QED) is 0.368. The maximum absolute atomic E-state index is 8.24. The number of aliphatic hydroxyl groups is 1. The Balaban J connectivity index is 2.83. The van der Waals surface area contributed by atoms with Crippen LogP contribution in [0.4, 0.5) is 0 Å². The third-order valence-electron chi connectivity index (χ3n) is 0.223. The van der Waals surface area contributed by atoms with E-state index < -0.39 is 0 Å². The summed E-state index contributed by atoms with van der Waals surface area (Å²) in [7, 11) is 0. The molecule has 2 heteroatoms. The molecule has 1 nitrogen and oxygen atoms in total. The molecule has 0 aromatic rings. The number of aliphatic hydroxyl groups excluding tert-OH is 1. The van der Waals surface area contributed by atoms with Gasteiger partial charge in [0.1, 0.15) is 0 Å². The molecule has 5 heavy (non-hydrogen) atoms. The van der Waals surface area contributed by atoms with Crippen molar-refractivity contribution in [3.8, 4) is 0 Å². The molecule has 0 saturated carbocycles. The molecule has 0 aliphatic carbocycles. The predicted molar refractivity (Wildman–Crippen MR) is 16.2 cm³/mol. The molecule has 0 radical (unpaired) electrons. The molecule has 27 valence electrons. The van der Waals surface area contributed by atoms with Crippen molar-refractivity contribution >= 4 is 0 Å². The molecular formula is C3H5OTi. The van der Waals surface area contributed by atoms with Crippen molar-refractivity contribution < 1.29 is 25.5 Å². The van der Waals surface area contributed by atoms with Gasteiger partial charge in [0.25, 0.3) is 0 Å². The van der Waals surface area contributed by atoms with Crippen LogP contribution in [0.3, 0.4) is 0 Å². The van der Waals surface area contributed by atoms with E-state index in [0.717, 1.165) is 0 Å². The van der Waals surface area contributed by atoms with Gasteiger partial charge in [-0.1, -0.05) is 0 Å². The van der Waals surface area contributed by atoms with E-state index in [1.807, 2.05) is 0 Å². The average Bonchev–Trinajstić information content (AvgIpc) is 1.38.